The number of carbonyl (C=O) groups is 2. The maximum atomic E-state index is 12.3. The molecule has 27 heavy (non-hydrogen) atoms. The molecule has 0 spiro atoms. The van der Waals surface area contributed by atoms with Gasteiger partial charge in [0.25, 0.3) is 5.91 Å². The lowest BCUT2D eigenvalue weighted by Crippen LogP contribution is -2.11. The second-order valence-corrected chi connectivity index (χ2v) is 7.06. The van der Waals surface area contributed by atoms with Gasteiger partial charge < -0.3 is 10.6 Å². The number of para-hydroxylation sites is 1. The number of anilines is 2. The van der Waals surface area contributed by atoms with Crippen molar-refractivity contribution in [1.82, 2.24) is 0 Å². The van der Waals surface area contributed by atoms with Crippen molar-refractivity contribution in [3.05, 3.63) is 90.0 Å². The molecule has 2 amide bonds. The number of amides is 2. The molecule has 0 saturated heterocycles. The average molecular weight is 376 g/mol. The first kappa shape index (κ1) is 18.7. The van der Waals surface area contributed by atoms with Gasteiger partial charge in [0, 0.05) is 34.5 Å². The highest BCUT2D eigenvalue weighted by atomic mass is 32.2. The van der Waals surface area contributed by atoms with E-state index in [2.05, 4.69) is 10.6 Å². The fraction of sp³-hybridized carbons (Fsp3) is 0.0909. The summed E-state index contributed by atoms with van der Waals surface area (Å²) in [4.78, 5) is 24.4. The number of hydrogen-bond acceptors (Lipinski definition) is 3. The Balaban J connectivity index is 1.54. The summed E-state index contributed by atoms with van der Waals surface area (Å²) in [5, 5.41) is 5.63. The van der Waals surface area contributed by atoms with E-state index in [1.807, 2.05) is 78.9 Å². The van der Waals surface area contributed by atoms with Crippen molar-refractivity contribution >= 4 is 35.0 Å². The minimum Gasteiger partial charge on any atom is -0.326 e. The third-order valence-corrected chi connectivity index (χ3v) is 4.91. The van der Waals surface area contributed by atoms with Crippen molar-refractivity contribution in [2.75, 3.05) is 10.6 Å². The zero-order chi connectivity index (χ0) is 19.1. The van der Waals surface area contributed by atoms with Crippen molar-refractivity contribution in [2.24, 2.45) is 0 Å². The minimum atomic E-state index is -0.117. The number of hydrogen-bond donors (Lipinski definition) is 2. The number of nitrogens with one attached hydrogen (secondary N) is 2. The molecule has 3 aromatic carbocycles. The Morgan fingerprint density at radius 3 is 2.04 bits per heavy atom. The van der Waals surface area contributed by atoms with Gasteiger partial charge >= 0.3 is 0 Å². The van der Waals surface area contributed by atoms with E-state index in [1.165, 1.54) is 6.92 Å². The Bertz CT molecular complexity index is 907. The van der Waals surface area contributed by atoms with Gasteiger partial charge in [-0.1, -0.05) is 30.3 Å². The van der Waals surface area contributed by atoms with E-state index in [0.717, 1.165) is 27.6 Å². The summed E-state index contributed by atoms with van der Waals surface area (Å²) in [6.45, 7) is 1.49. The van der Waals surface area contributed by atoms with Crippen LogP contribution in [0.5, 0.6) is 0 Å². The normalized spacial score (nSPS) is 10.3. The number of rotatable bonds is 6. The van der Waals surface area contributed by atoms with Crippen LogP contribution in [0.25, 0.3) is 0 Å². The van der Waals surface area contributed by atoms with Gasteiger partial charge in [-0.3, -0.25) is 9.59 Å². The third kappa shape index (κ3) is 5.72. The second kappa shape index (κ2) is 9.05. The topological polar surface area (TPSA) is 58.2 Å². The van der Waals surface area contributed by atoms with Crippen molar-refractivity contribution in [3.63, 3.8) is 0 Å². The number of carbonyl (C=O) groups excluding carboxylic acids is 2. The Morgan fingerprint density at radius 2 is 1.41 bits per heavy atom. The van der Waals surface area contributed by atoms with Gasteiger partial charge in [-0.15, -0.1) is 11.8 Å². The molecule has 0 bridgehead atoms. The quantitative estimate of drug-likeness (QED) is 0.582. The van der Waals surface area contributed by atoms with Crippen molar-refractivity contribution in [1.29, 1.82) is 0 Å². The molecule has 0 atom stereocenters. The zero-order valence-corrected chi connectivity index (χ0v) is 15.8. The van der Waals surface area contributed by atoms with Crippen LogP contribution in [-0.4, -0.2) is 11.8 Å². The second-order valence-electron chi connectivity index (χ2n) is 6.01. The number of benzene rings is 3. The summed E-state index contributed by atoms with van der Waals surface area (Å²) in [5.41, 5.74) is 3.35. The van der Waals surface area contributed by atoms with Crippen molar-refractivity contribution in [3.8, 4) is 0 Å². The first-order valence-corrected chi connectivity index (χ1v) is 9.54. The summed E-state index contributed by atoms with van der Waals surface area (Å²) < 4.78 is 0. The van der Waals surface area contributed by atoms with E-state index in [-0.39, 0.29) is 11.8 Å². The largest absolute Gasteiger partial charge is 0.326 e. The van der Waals surface area contributed by atoms with Gasteiger partial charge in [0.1, 0.15) is 0 Å². The Kier molecular flexibility index (Phi) is 6.28. The van der Waals surface area contributed by atoms with Crippen LogP contribution < -0.4 is 10.6 Å². The van der Waals surface area contributed by atoms with Gasteiger partial charge in [-0.05, 0) is 54.1 Å². The van der Waals surface area contributed by atoms with E-state index in [0.29, 0.717) is 5.56 Å². The summed E-state index contributed by atoms with van der Waals surface area (Å²) in [7, 11) is 0. The van der Waals surface area contributed by atoms with Crippen LogP contribution in [0.3, 0.4) is 0 Å². The van der Waals surface area contributed by atoms with Gasteiger partial charge in [-0.2, -0.15) is 0 Å². The van der Waals surface area contributed by atoms with Gasteiger partial charge in [-0.25, -0.2) is 0 Å². The highest BCUT2D eigenvalue weighted by molar-refractivity contribution is 7.98. The van der Waals surface area contributed by atoms with E-state index in [4.69, 9.17) is 0 Å². The molecule has 0 heterocycles. The van der Waals surface area contributed by atoms with Crippen molar-refractivity contribution in [2.45, 2.75) is 17.6 Å². The molecule has 3 aromatic rings. The molecule has 136 valence electrons. The highest BCUT2D eigenvalue weighted by Gasteiger charge is 2.06. The molecule has 0 saturated carbocycles. The van der Waals surface area contributed by atoms with Crippen LogP contribution in [-0.2, 0) is 10.5 Å². The molecule has 0 aliphatic rings. The summed E-state index contributed by atoms with van der Waals surface area (Å²) in [6, 6.07) is 24.8. The van der Waals surface area contributed by atoms with E-state index in [9.17, 15) is 9.59 Å². The lowest BCUT2D eigenvalue weighted by Gasteiger charge is -2.07. The van der Waals surface area contributed by atoms with E-state index in [1.54, 1.807) is 11.8 Å². The van der Waals surface area contributed by atoms with Crippen LogP contribution >= 0.6 is 11.8 Å². The van der Waals surface area contributed by atoms with Gasteiger partial charge in [0.15, 0.2) is 0 Å². The standard InChI is InChI=1S/C22H20N2O2S/c1-16(25)23-20-11-13-21(14-12-20)27-15-17-7-9-18(10-8-17)22(26)24-19-5-3-2-4-6-19/h2-14H,15H2,1H3,(H,23,25)(H,24,26). The average Bonchev–Trinajstić information content (AvgIpc) is 2.68. The molecular formula is C22H20N2O2S. The highest BCUT2D eigenvalue weighted by Crippen LogP contribution is 2.24. The molecule has 0 unspecified atom stereocenters. The Labute approximate surface area is 163 Å². The Hall–Kier alpha value is -3.05. The molecule has 0 aliphatic heterocycles. The van der Waals surface area contributed by atoms with Crippen LogP contribution in [0.2, 0.25) is 0 Å². The predicted octanol–water partition coefficient (Wildman–Crippen LogP) is 5.19. The molecule has 2 N–H and O–H groups in total. The smallest absolute Gasteiger partial charge is 0.255 e. The van der Waals surface area contributed by atoms with Gasteiger partial charge in [0.05, 0.1) is 0 Å². The van der Waals surface area contributed by atoms with E-state index >= 15 is 0 Å². The maximum Gasteiger partial charge on any atom is 0.255 e. The monoisotopic (exact) mass is 376 g/mol. The Morgan fingerprint density at radius 1 is 0.778 bits per heavy atom. The SMILES string of the molecule is CC(=O)Nc1ccc(SCc2ccc(C(=O)Nc3ccccc3)cc2)cc1. The lowest BCUT2D eigenvalue weighted by molar-refractivity contribution is -0.114. The molecular weight excluding hydrogens is 356 g/mol. The van der Waals surface area contributed by atoms with Crippen LogP contribution in [0.15, 0.2) is 83.8 Å². The minimum absolute atomic E-state index is 0.0770. The molecule has 0 aromatic heterocycles. The maximum absolute atomic E-state index is 12.3. The van der Waals surface area contributed by atoms with Crippen LogP contribution in [0.1, 0.15) is 22.8 Å². The zero-order valence-electron chi connectivity index (χ0n) is 14.9. The summed E-state index contributed by atoms with van der Waals surface area (Å²) in [5.74, 6) is 0.612. The van der Waals surface area contributed by atoms with E-state index < -0.39 is 0 Å². The third-order valence-electron chi connectivity index (χ3n) is 3.83. The fourth-order valence-electron chi connectivity index (χ4n) is 2.48. The number of thioether (sulfide) groups is 1. The summed E-state index contributed by atoms with van der Waals surface area (Å²) >= 11 is 1.70. The van der Waals surface area contributed by atoms with Crippen LogP contribution in [0.4, 0.5) is 11.4 Å². The molecule has 0 fully saturated rings. The first-order valence-electron chi connectivity index (χ1n) is 8.56. The molecule has 4 nitrogen and oxygen atoms in total. The summed E-state index contributed by atoms with van der Waals surface area (Å²) in [6.07, 6.45) is 0. The van der Waals surface area contributed by atoms with Crippen LogP contribution in [0, 0.1) is 0 Å². The molecule has 0 aliphatic carbocycles. The first-order chi connectivity index (χ1) is 13.1. The molecule has 5 heteroatoms. The van der Waals surface area contributed by atoms with Gasteiger partial charge in [0.2, 0.25) is 5.91 Å². The molecule has 3 rings (SSSR count). The lowest BCUT2D eigenvalue weighted by atomic mass is 10.1. The molecule has 0 radical (unpaired) electrons. The predicted molar refractivity (Wildman–Crippen MR) is 111 cm³/mol. The fourth-order valence-corrected chi connectivity index (χ4v) is 3.34. The van der Waals surface area contributed by atoms with Crippen molar-refractivity contribution < 1.29 is 9.59 Å².